The SMILES string of the molecule is C[C@@H](NC(=O)C[NH+]1CCOCC1)[C@@H]1C[C@@H]2CC[C@@H]1C2. The number of amides is 1. The van der Waals surface area contributed by atoms with Crippen molar-refractivity contribution >= 4 is 5.91 Å². The van der Waals surface area contributed by atoms with Gasteiger partial charge in [0.15, 0.2) is 6.54 Å². The predicted octanol–water partition coefficient (Wildman–Crippen LogP) is -0.158. The second-order valence-corrected chi connectivity index (χ2v) is 6.73. The van der Waals surface area contributed by atoms with E-state index in [1.807, 2.05) is 0 Å². The molecule has 4 atom stereocenters. The van der Waals surface area contributed by atoms with E-state index in [9.17, 15) is 4.79 Å². The van der Waals surface area contributed by atoms with Crippen molar-refractivity contribution in [3.05, 3.63) is 0 Å². The zero-order valence-corrected chi connectivity index (χ0v) is 12.0. The van der Waals surface area contributed by atoms with Crippen molar-refractivity contribution in [1.29, 1.82) is 0 Å². The Kier molecular flexibility index (Phi) is 4.08. The van der Waals surface area contributed by atoms with Crippen LogP contribution in [0.3, 0.4) is 0 Å². The van der Waals surface area contributed by atoms with Gasteiger partial charge in [-0.25, -0.2) is 0 Å². The number of nitrogens with one attached hydrogen (secondary N) is 2. The third-order valence-electron chi connectivity index (χ3n) is 5.43. The molecule has 2 saturated carbocycles. The van der Waals surface area contributed by atoms with E-state index >= 15 is 0 Å². The molecule has 4 heteroatoms. The number of hydrogen-bond donors (Lipinski definition) is 2. The van der Waals surface area contributed by atoms with Crippen molar-refractivity contribution < 1.29 is 14.4 Å². The van der Waals surface area contributed by atoms with Gasteiger partial charge in [-0.15, -0.1) is 0 Å². The van der Waals surface area contributed by atoms with E-state index in [0.29, 0.717) is 12.6 Å². The quantitative estimate of drug-likeness (QED) is 0.743. The van der Waals surface area contributed by atoms with Crippen molar-refractivity contribution in [2.24, 2.45) is 17.8 Å². The predicted molar refractivity (Wildman–Crippen MR) is 72.9 cm³/mol. The smallest absolute Gasteiger partial charge is 0.275 e. The van der Waals surface area contributed by atoms with E-state index in [1.165, 1.54) is 30.6 Å². The fourth-order valence-corrected chi connectivity index (χ4v) is 4.38. The minimum Gasteiger partial charge on any atom is -0.370 e. The number of carbonyl (C=O) groups is 1. The van der Waals surface area contributed by atoms with E-state index in [-0.39, 0.29) is 5.91 Å². The Bertz CT molecular complexity index is 328. The number of carbonyl (C=O) groups excluding carboxylic acids is 1. The van der Waals surface area contributed by atoms with Gasteiger partial charge in [-0.05, 0) is 43.9 Å². The Morgan fingerprint density at radius 3 is 2.74 bits per heavy atom. The molecular formula is C15H27N2O2+. The molecule has 1 amide bonds. The number of rotatable bonds is 4. The Hall–Kier alpha value is -0.610. The highest BCUT2D eigenvalue weighted by Gasteiger charge is 2.42. The Morgan fingerprint density at radius 2 is 2.11 bits per heavy atom. The number of ether oxygens (including phenoxy) is 1. The topological polar surface area (TPSA) is 42.8 Å². The summed E-state index contributed by atoms with van der Waals surface area (Å²) in [7, 11) is 0. The van der Waals surface area contributed by atoms with Gasteiger partial charge in [0.05, 0.1) is 13.2 Å². The molecule has 3 fully saturated rings. The minimum atomic E-state index is 0.229. The summed E-state index contributed by atoms with van der Waals surface area (Å²) in [4.78, 5) is 13.5. The molecule has 3 rings (SSSR count). The van der Waals surface area contributed by atoms with E-state index in [4.69, 9.17) is 4.74 Å². The van der Waals surface area contributed by atoms with Gasteiger partial charge in [-0.1, -0.05) is 6.42 Å². The summed E-state index contributed by atoms with van der Waals surface area (Å²) in [6, 6.07) is 0.364. The van der Waals surface area contributed by atoms with Crippen molar-refractivity contribution in [3.63, 3.8) is 0 Å². The maximum absolute atomic E-state index is 12.1. The standard InChI is InChI=1S/C15H26N2O2/c1-11(14-9-12-2-3-13(14)8-12)16-15(18)10-17-4-6-19-7-5-17/h11-14H,2-10H2,1H3,(H,16,18)/p+1/t11-,12-,13-,14+/m1/s1. The third kappa shape index (κ3) is 3.11. The molecule has 2 N–H and O–H groups in total. The van der Waals surface area contributed by atoms with Gasteiger partial charge in [0.1, 0.15) is 13.1 Å². The minimum absolute atomic E-state index is 0.229. The third-order valence-corrected chi connectivity index (χ3v) is 5.43. The molecule has 4 nitrogen and oxygen atoms in total. The first-order valence-corrected chi connectivity index (χ1v) is 7.93. The highest BCUT2D eigenvalue weighted by atomic mass is 16.5. The van der Waals surface area contributed by atoms with Gasteiger partial charge in [-0.2, -0.15) is 0 Å². The maximum atomic E-state index is 12.1. The van der Waals surface area contributed by atoms with Gasteiger partial charge in [0.2, 0.25) is 0 Å². The summed E-state index contributed by atoms with van der Waals surface area (Å²) >= 11 is 0. The Balaban J connectivity index is 1.43. The van der Waals surface area contributed by atoms with Crippen LogP contribution >= 0.6 is 0 Å². The lowest BCUT2D eigenvalue weighted by Gasteiger charge is -2.29. The zero-order valence-electron chi connectivity index (χ0n) is 12.0. The van der Waals surface area contributed by atoms with E-state index in [2.05, 4.69) is 12.2 Å². The first-order valence-electron chi connectivity index (χ1n) is 7.93. The lowest BCUT2D eigenvalue weighted by atomic mass is 9.84. The van der Waals surface area contributed by atoms with Gasteiger partial charge < -0.3 is 15.0 Å². The highest BCUT2D eigenvalue weighted by molar-refractivity contribution is 5.77. The van der Waals surface area contributed by atoms with Gasteiger partial charge in [0, 0.05) is 6.04 Å². The summed E-state index contributed by atoms with van der Waals surface area (Å²) in [5.74, 6) is 2.81. The Morgan fingerprint density at radius 1 is 1.32 bits per heavy atom. The van der Waals surface area contributed by atoms with Crippen molar-refractivity contribution in [3.8, 4) is 0 Å². The van der Waals surface area contributed by atoms with E-state index in [0.717, 1.165) is 44.1 Å². The zero-order chi connectivity index (χ0) is 13.2. The van der Waals surface area contributed by atoms with Crippen LogP contribution in [0.2, 0.25) is 0 Å². The fraction of sp³-hybridized carbons (Fsp3) is 0.933. The number of quaternary nitrogens is 1. The molecule has 108 valence electrons. The van der Waals surface area contributed by atoms with Crippen molar-refractivity contribution in [2.45, 2.75) is 38.6 Å². The molecule has 0 aromatic rings. The molecule has 0 aromatic carbocycles. The van der Waals surface area contributed by atoms with Crippen LogP contribution in [-0.2, 0) is 9.53 Å². The maximum Gasteiger partial charge on any atom is 0.275 e. The molecule has 1 aliphatic heterocycles. The van der Waals surface area contributed by atoms with Crippen LogP contribution in [0.15, 0.2) is 0 Å². The van der Waals surface area contributed by atoms with Crippen LogP contribution in [0, 0.1) is 17.8 Å². The molecule has 2 aliphatic carbocycles. The first-order chi connectivity index (χ1) is 9.22. The molecule has 1 heterocycles. The van der Waals surface area contributed by atoms with Gasteiger partial charge in [0.25, 0.3) is 5.91 Å². The van der Waals surface area contributed by atoms with Gasteiger partial charge >= 0.3 is 0 Å². The number of fused-ring (bicyclic) bond motifs is 2. The molecule has 3 aliphatic rings. The summed E-state index contributed by atoms with van der Waals surface area (Å²) in [6.07, 6.45) is 5.58. The Labute approximate surface area is 115 Å². The van der Waals surface area contributed by atoms with E-state index < -0.39 is 0 Å². The van der Waals surface area contributed by atoms with Crippen LogP contribution in [0.4, 0.5) is 0 Å². The average Bonchev–Trinajstić information content (AvgIpc) is 3.02. The van der Waals surface area contributed by atoms with Crippen LogP contribution < -0.4 is 10.2 Å². The molecule has 0 radical (unpaired) electrons. The lowest BCUT2D eigenvalue weighted by Crippen LogP contribution is -3.15. The van der Waals surface area contributed by atoms with E-state index in [1.54, 1.807) is 0 Å². The monoisotopic (exact) mass is 267 g/mol. The largest absolute Gasteiger partial charge is 0.370 e. The van der Waals surface area contributed by atoms with Crippen LogP contribution in [0.25, 0.3) is 0 Å². The van der Waals surface area contributed by atoms with Crippen LogP contribution in [0.5, 0.6) is 0 Å². The summed E-state index contributed by atoms with van der Waals surface area (Å²) < 4.78 is 5.32. The summed E-state index contributed by atoms with van der Waals surface area (Å²) in [5, 5.41) is 3.25. The molecule has 0 unspecified atom stereocenters. The molecule has 19 heavy (non-hydrogen) atoms. The second-order valence-electron chi connectivity index (χ2n) is 6.73. The summed E-state index contributed by atoms with van der Waals surface area (Å²) in [5.41, 5.74) is 0. The molecule has 0 spiro atoms. The molecule has 1 saturated heterocycles. The average molecular weight is 267 g/mol. The molecular weight excluding hydrogens is 240 g/mol. The fourth-order valence-electron chi connectivity index (χ4n) is 4.38. The van der Waals surface area contributed by atoms with Crippen molar-refractivity contribution in [2.75, 3.05) is 32.8 Å². The normalized spacial score (nSPS) is 36.4. The summed E-state index contributed by atoms with van der Waals surface area (Å²) in [6.45, 7) is 6.35. The number of hydrogen-bond acceptors (Lipinski definition) is 2. The first kappa shape index (κ1) is 13.4. The highest BCUT2D eigenvalue weighted by Crippen LogP contribution is 2.49. The lowest BCUT2D eigenvalue weighted by molar-refractivity contribution is -0.900. The molecule has 0 aromatic heterocycles. The van der Waals surface area contributed by atoms with Gasteiger partial charge in [-0.3, -0.25) is 4.79 Å². The van der Waals surface area contributed by atoms with Crippen LogP contribution in [-0.4, -0.2) is 44.8 Å². The molecule has 2 bridgehead atoms. The van der Waals surface area contributed by atoms with Crippen molar-refractivity contribution in [1.82, 2.24) is 5.32 Å². The van der Waals surface area contributed by atoms with Crippen LogP contribution in [0.1, 0.15) is 32.6 Å². The second kappa shape index (κ2) is 5.80. The number of morpholine rings is 1.